The third-order valence-electron chi connectivity index (χ3n) is 6.13. The number of halogens is 2. The van der Waals surface area contributed by atoms with Crippen molar-refractivity contribution in [3.63, 3.8) is 0 Å². The second-order valence-corrected chi connectivity index (χ2v) is 9.66. The van der Waals surface area contributed by atoms with Crippen LogP contribution in [-0.4, -0.2) is 42.3 Å². The quantitative estimate of drug-likeness (QED) is 0.606. The maximum Gasteiger partial charge on any atom is 0.414 e. The van der Waals surface area contributed by atoms with Crippen molar-refractivity contribution < 1.29 is 27.8 Å². The SMILES string of the molecule is CC(C)(C)OC(=O)N1CC2(CCN(C(=O)OCc3ccccc3)CC2)c2cc(F)cc(F)c21. The number of rotatable bonds is 2. The fourth-order valence-electron chi connectivity index (χ4n) is 4.54. The van der Waals surface area contributed by atoms with Gasteiger partial charge in [-0.25, -0.2) is 18.4 Å². The maximum absolute atomic E-state index is 14.8. The summed E-state index contributed by atoms with van der Waals surface area (Å²) in [4.78, 5) is 28.3. The number of ether oxygens (including phenoxy) is 2. The van der Waals surface area contributed by atoms with Crippen LogP contribution in [0, 0.1) is 11.6 Å². The van der Waals surface area contributed by atoms with Crippen LogP contribution in [0.5, 0.6) is 0 Å². The zero-order valence-electron chi connectivity index (χ0n) is 19.1. The Balaban J connectivity index is 1.50. The predicted octanol–water partition coefficient (Wildman–Crippen LogP) is 5.39. The van der Waals surface area contributed by atoms with Gasteiger partial charge in [-0.1, -0.05) is 30.3 Å². The molecule has 0 bridgehead atoms. The Labute approximate surface area is 192 Å². The first-order chi connectivity index (χ1) is 15.6. The molecule has 176 valence electrons. The fourth-order valence-corrected chi connectivity index (χ4v) is 4.54. The van der Waals surface area contributed by atoms with Gasteiger partial charge in [0, 0.05) is 31.1 Å². The number of carbonyl (C=O) groups is 2. The number of hydrogen-bond donors (Lipinski definition) is 0. The molecule has 2 aromatic carbocycles. The van der Waals surface area contributed by atoms with E-state index in [2.05, 4.69) is 0 Å². The van der Waals surface area contributed by atoms with Crippen LogP contribution < -0.4 is 4.90 Å². The summed E-state index contributed by atoms with van der Waals surface area (Å²) >= 11 is 0. The van der Waals surface area contributed by atoms with Crippen molar-refractivity contribution in [2.75, 3.05) is 24.5 Å². The summed E-state index contributed by atoms with van der Waals surface area (Å²) in [7, 11) is 0. The van der Waals surface area contributed by atoms with Gasteiger partial charge in [-0.15, -0.1) is 0 Å². The monoisotopic (exact) mass is 458 g/mol. The van der Waals surface area contributed by atoms with Crippen LogP contribution in [-0.2, 0) is 21.5 Å². The van der Waals surface area contributed by atoms with E-state index in [1.165, 1.54) is 11.0 Å². The van der Waals surface area contributed by atoms with Crippen molar-refractivity contribution in [1.29, 1.82) is 0 Å². The maximum atomic E-state index is 14.8. The van der Waals surface area contributed by atoms with Crippen LogP contribution in [0.3, 0.4) is 0 Å². The van der Waals surface area contributed by atoms with Gasteiger partial charge in [0.2, 0.25) is 0 Å². The molecular weight excluding hydrogens is 430 g/mol. The van der Waals surface area contributed by atoms with Crippen molar-refractivity contribution in [1.82, 2.24) is 4.90 Å². The van der Waals surface area contributed by atoms with Crippen molar-refractivity contribution in [3.8, 4) is 0 Å². The number of hydrogen-bond acceptors (Lipinski definition) is 4. The number of carbonyl (C=O) groups excluding carboxylic acids is 2. The minimum Gasteiger partial charge on any atom is -0.445 e. The molecule has 4 rings (SSSR count). The second kappa shape index (κ2) is 8.65. The molecule has 6 nitrogen and oxygen atoms in total. The molecule has 0 atom stereocenters. The van der Waals surface area contributed by atoms with Crippen LogP contribution in [0.1, 0.15) is 44.7 Å². The molecule has 8 heteroatoms. The van der Waals surface area contributed by atoms with Crippen LogP contribution in [0.15, 0.2) is 42.5 Å². The smallest absolute Gasteiger partial charge is 0.414 e. The zero-order valence-corrected chi connectivity index (χ0v) is 19.1. The van der Waals surface area contributed by atoms with E-state index in [0.717, 1.165) is 11.6 Å². The normalized spacial score (nSPS) is 17.1. The lowest BCUT2D eigenvalue weighted by Crippen LogP contribution is -2.48. The van der Waals surface area contributed by atoms with Gasteiger partial charge in [-0.3, -0.25) is 4.90 Å². The molecule has 2 aliphatic heterocycles. The number of nitrogens with zero attached hydrogens (tertiary/aromatic N) is 2. The van der Waals surface area contributed by atoms with Crippen molar-refractivity contribution >= 4 is 17.9 Å². The van der Waals surface area contributed by atoms with Gasteiger partial charge in [0.15, 0.2) is 0 Å². The Morgan fingerprint density at radius 2 is 1.70 bits per heavy atom. The van der Waals surface area contributed by atoms with E-state index in [1.54, 1.807) is 25.7 Å². The number of piperidine rings is 1. The highest BCUT2D eigenvalue weighted by molar-refractivity contribution is 5.92. The Hall–Kier alpha value is -3.16. The lowest BCUT2D eigenvalue weighted by molar-refractivity contribution is 0.0560. The Morgan fingerprint density at radius 3 is 2.33 bits per heavy atom. The lowest BCUT2D eigenvalue weighted by atomic mass is 9.74. The minimum atomic E-state index is -0.794. The summed E-state index contributed by atoms with van der Waals surface area (Å²) in [5, 5.41) is 0. The van der Waals surface area contributed by atoms with E-state index >= 15 is 0 Å². The molecule has 1 saturated heterocycles. The van der Waals surface area contributed by atoms with E-state index in [0.29, 0.717) is 31.5 Å². The molecule has 0 unspecified atom stereocenters. The van der Waals surface area contributed by atoms with Crippen molar-refractivity contribution in [2.24, 2.45) is 0 Å². The van der Waals surface area contributed by atoms with Crippen LogP contribution in [0.2, 0.25) is 0 Å². The average Bonchev–Trinajstić information content (AvgIpc) is 3.06. The Kier molecular flexibility index (Phi) is 6.03. The molecule has 2 amide bonds. The first-order valence-electron chi connectivity index (χ1n) is 11.0. The Morgan fingerprint density at radius 1 is 1.03 bits per heavy atom. The molecule has 0 aliphatic carbocycles. The number of likely N-dealkylation sites (tertiary alicyclic amines) is 1. The van der Waals surface area contributed by atoms with Crippen LogP contribution in [0.4, 0.5) is 24.1 Å². The molecule has 1 spiro atoms. The van der Waals surface area contributed by atoms with E-state index < -0.39 is 34.8 Å². The Bertz CT molecular complexity index is 1040. The number of amides is 2. The fraction of sp³-hybridized carbons (Fsp3) is 0.440. The molecule has 33 heavy (non-hydrogen) atoms. The summed E-state index contributed by atoms with van der Waals surface area (Å²) in [6.07, 6.45) is -0.206. The largest absolute Gasteiger partial charge is 0.445 e. The summed E-state index contributed by atoms with van der Waals surface area (Å²) in [5.74, 6) is -1.49. The number of benzene rings is 2. The summed E-state index contributed by atoms with van der Waals surface area (Å²) in [6, 6.07) is 11.5. The first-order valence-corrected chi connectivity index (χ1v) is 11.0. The van der Waals surface area contributed by atoms with Gasteiger partial charge in [0.1, 0.15) is 23.8 Å². The second-order valence-electron chi connectivity index (χ2n) is 9.66. The molecule has 2 aromatic rings. The molecule has 2 aliphatic rings. The van der Waals surface area contributed by atoms with Crippen LogP contribution >= 0.6 is 0 Å². The first kappa shape index (κ1) is 23.0. The molecule has 1 fully saturated rings. The summed E-state index contributed by atoms with van der Waals surface area (Å²) in [6.45, 7) is 6.26. The predicted molar refractivity (Wildman–Crippen MR) is 119 cm³/mol. The highest BCUT2D eigenvalue weighted by Crippen LogP contribution is 2.49. The van der Waals surface area contributed by atoms with Gasteiger partial charge in [0.25, 0.3) is 0 Å². The summed E-state index contributed by atoms with van der Waals surface area (Å²) < 4.78 is 39.9. The zero-order chi connectivity index (χ0) is 23.8. The molecule has 0 N–H and O–H groups in total. The molecular formula is C25H28F2N2O4. The standard InChI is InChI=1S/C25H28F2N2O4/c1-24(2,3)33-23(31)29-16-25(19-13-18(26)14-20(27)21(19)29)9-11-28(12-10-25)22(30)32-15-17-7-5-4-6-8-17/h4-8,13-14H,9-12,15-16H2,1-3H3. The summed E-state index contributed by atoms with van der Waals surface area (Å²) in [5.41, 5.74) is -0.0160. The number of fused-ring (bicyclic) bond motifs is 2. The third-order valence-corrected chi connectivity index (χ3v) is 6.13. The highest BCUT2D eigenvalue weighted by atomic mass is 19.1. The van der Waals surface area contributed by atoms with Crippen molar-refractivity contribution in [3.05, 3.63) is 65.2 Å². The van der Waals surface area contributed by atoms with E-state index in [-0.39, 0.29) is 18.8 Å². The molecule has 2 heterocycles. The van der Waals surface area contributed by atoms with E-state index in [4.69, 9.17) is 9.47 Å². The molecule has 0 aromatic heterocycles. The average molecular weight is 459 g/mol. The van der Waals surface area contributed by atoms with Crippen LogP contribution in [0.25, 0.3) is 0 Å². The lowest BCUT2D eigenvalue weighted by Gasteiger charge is -2.39. The van der Waals surface area contributed by atoms with Gasteiger partial charge < -0.3 is 14.4 Å². The number of anilines is 1. The van der Waals surface area contributed by atoms with Gasteiger partial charge in [-0.05, 0) is 50.8 Å². The molecule has 0 radical (unpaired) electrons. The van der Waals surface area contributed by atoms with E-state index in [1.807, 2.05) is 30.3 Å². The molecule has 0 saturated carbocycles. The van der Waals surface area contributed by atoms with Gasteiger partial charge >= 0.3 is 12.2 Å². The minimum absolute atomic E-state index is 0.0609. The van der Waals surface area contributed by atoms with Gasteiger partial charge in [-0.2, -0.15) is 0 Å². The highest BCUT2D eigenvalue weighted by Gasteiger charge is 2.49. The third kappa shape index (κ3) is 4.79. The van der Waals surface area contributed by atoms with Gasteiger partial charge in [0.05, 0.1) is 5.69 Å². The van der Waals surface area contributed by atoms with Crippen molar-refractivity contribution in [2.45, 2.75) is 51.2 Å². The topological polar surface area (TPSA) is 59.1 Å². The van der Waals surface area contributed by atoms with E-state index in [9.17, 15) is 18.4 Å².